The lowest BCUT2D eigenvalue weighted by molar-refractivity contribution is -0.118. The summed E-state index contributed by atoms with van der Waals surface area (Å²) in [7, 11) is 0. The van der Waals surface area contributed by atoms with E-state index in [2.05, 4.69) is 10.6 Å². The molecule has 0 radical (unpaired) electrons. The van der Waals surface area contributed by atoms with Gasteiger partial charge in [-0.2, -0.15) is 0 Å². The molecule has 1 aliphatic rings. The van der Waals surface area contributed by atoms with Crippen LogP contribution in [0.1, 0.15) is 40.7 Å². The fourth-order valence-corrected chi connectivity index (χ4v) is 4.13. The zero-order chi connectivity index (χ0) is 24.2. The van der Waals surface area contributed by atoms with E-state index in [0.717, 1.165) is 34.4 Å². The predicted octanol–water partition coefficient (Wildman–Crippen LogP) is 4.78. The number of amides is 2. The maximum absolute atomic E-state index is 13.6. The first-order chi connectivity index (χ1) is 16.4. The fourth-order valence-electron chi connectivity index (χ4n) is 4.13. The van der Waals surface area contributed by atoms with Crippen molar-refractivity contribution in [1.29, 1.82) is 0 Å². The van der Waals surface area contributed by atoms with Crippen molar-refractivity contribution in [2.24, 2.45) is 0 Å². The van der Waals surface area contributed by atoms with Gasteiger partial charge in [0.15, 0.2) is 0 Å². The third-order valence-corrected chi connectivity index (χ3v) is 5.82. The highest BCUT2D eigenvalue weighted by molar-refractivity contribution is 5.98. The number of alkyl carbamates (subject to hydrolysis) is 1. The van der Waals surface area contributed by atoms with E-state index in [4.69, 9.17) is 9.84 Å². The van der Waals surface area contributed by atoms with Crippen molar-refractivity contribution in [2.45, 2.75) is 25.3 Å². The van der Waals surface area contributed by atoms with Crippen LogP contribution >= 0.6 is 0 Å². The molecule has 1 atom stereocenters. The Labute approximate surface area is 195 Å². The van der Waals surface area contributed by atoms with E-state index in [1.165, 1.54) is 6.07 Å². The molecule has 2 amide bonds. The molecule has 8 heteroatoms. The molecular weight excluding hydrogens is 439 g/mol. The van der Waals surface area contributed by atoms with Crippen molar-refractivity contribution >= 4 is 23.7 Å². The second-order valence-corrected chi connectivity index (χ2v) is 7.92. The van der Waals surface area contributed by atoms with Crippen molar-refractivity contribution in [3.05, 3.63) is 89.2 Å². The molecular formula is C26H23FN2O5. The highest BCUT2D eigenvalue weighted by Crippen LogP contribution is 2.44. The number of halogens is 1. The normalized spacial score (nSPS) is 12.9. The Morgan fingerprint density at radius 1 is 1.00 bits per heavy atom. The van der Waals surface area contributed by atoms with Crippen molar-refractivity contribution in [3.8, 4) is 11.1 Å². The summed E-state index contributed by atoms with van der Waals surface area (Å²) in [6, 6.07) is 18.2. The zero-order valence-corrected chi connectivity index (χ0v) is 18.4. The van der Waals surface area contributed by atoms with Gasteiger partial charge in [0.05, 0.1) is 5.56 Å². The van der Waals surface area contributed by atoms with E-state index in [1.807, 2.05) is 48.5 Å². The summed E-state index contributed by atoms with van der Waals surface area (Å²) in [5.41, 5.74) is 3.92. The maximum Gasteiger partial charge on any atom is 0.407 e. The number of rotatable bonds is 7. The summed E-state index contributed by atoms with van der Waals surface area (Å²) in [6.07, 6.45) is -0.475. The van der Waals surface area contributed by atoms with Gasteiger partial charge in [0.2, 0.25) is 5.91 Å². The number of fused-ring (bicyclic) bond motifs is 3. The number of carbonyl (C=O) groups excluding carboxylic acids is 2. The first-order valence-corrected chi connectivity index (χ1v) is 10.8. The van der Waals surface area contributed by atoms with Crippen LogP contribution in [0.15, 0.2) is 66.7 Å². The Kier molecular flexibility index (Phi) is 6.58. The molecule has 0 spiro atoms. The molecule has 1 unspecified atom stereocenters. The molecule has 0 aliphatic heterocycles. The lowest BCUT2D eigenvalue weighted by Gasteiger charge is -2.19. The van der Waals surface area contributed by atoms with Gasteiger partial charge in [0, 0.05) is 11.6 Å². The van der Waals surface area contributed by atoms with Crippen molar-refractivity contribution < 1.29 is 28.6 Å². The molecule has 0 saturated carbocycles. The standard InChI is InChI=1S/C26H23FN2O5/c1-2-23(24(30)28-15-11-12-22(27)20(13-15)25(31)32)29-26(33)34-14-21-18-9-5-3-7-16(18)17-8-4-6-10-19(17)21/h3-13,21,23H,2,14H2,1H3,(H,28,30)(H,29,33)(H,31,32). The van der Waals surface area contributed by atoms with Crippen molar-refractivity contribution in [3.63, 3.8) is 0 Å². The van der Waals surface area contributed by atoms with Gasteiger partial charge in [-0.3, -0.25) is 4.79 Å². The van der Waals surface area contributed by atoms with Crippen LogP contribution in [0.3, 0.4) is 0 Å². The van der Waals surface area contributed by atoms with Gasteiger partial charge >= 0.3 is 12.1 Å². The number of hydrogen-bond acceptors (Lipinski definition) is 4. The van der Waals surface area contributed by atoms with Gasteiger partial charge in [-0.1, -0.05) is 55.5 Å². The highest BCUT2D eigenvalue weighted by atomic mass is 19.1. The van der Waals surface area contributed by atoms with E-state index in [0.29, 0.717) is 0 Å². The van der Waals surface area contributed by atoms with Crippen LogP contribution in [0.5, 0.6) is 0 Å². The number of benzene rings is 3. The number of carbonyl (C=O) groups is 3. The van der Waals surface area contributed by atoms with E-state index >= 15 is 0 Å². The largest absolute Gasteiger partial charge is 0.478 e. The van der Waals surface area contributed by atoms with E-state index in [-0.39, 0.29) is 24.6 Å². The summed E-state index contributed by atoms with van der Waals surface area (Å²) in [4.78, 5) is 36.2. The molecule has 0 heterocycles. The van der Waals surface area contributed by atoms with Gasteiger partial charge in [0.1, 0.15) is 18.5 Å². The van der Waals surface area contributed by atoms with Crippen LogP contribution in [0, 0.1) is 5.82 Å². The van der Waals surface area contributed by atoms with Crippen LogP contribution in [-0.4, -0.2) is 35.7 Å². The second-order valence-electron chi connectivity index (χ2n) is 7.92. The van der Waals surface area contributed by atoms with Gasteiger partial charge in [0.25, 0.3) is 0 Å². The summed E-state index contributed by atoms with van der Waals surface area (Å²) in [5.74, 6) is -3.04. The lowest BCUT2D eigenvalue weighted by atomic mass is 9.98. The highest BCUT2D eigenvalue weighted by Gasteiger charge is 2.29. The van der Waals surface area contributed by atoms with Crippen molar-refractivity contribution in [2.75, 3.05) is 11.9 Å². The summed E-state index contributed by atoms with van der Waals surface area (Å²) in [6.45, 7) is 1.82. The van der Waals surface area contributed by atoms with Gasteiger partial charge in [-0.05, 0) is 46.9 Å². The first kappa shape index (κ1) is 23.0. The number of carboxylic acid groups (broad SMARTS) is 1. The molecule has 7 nitrogen and oxygen atoms in total. The van der Waals surface area contributed by atoms with Crippen molar-refractivity contribution in [1.82, 2.24) is 5.32 Å². The first-order valence-electron chi connectivity index (χ1n) is 10.8. The monoisotopic (exact) mass is 462 g/mol. The number of hydrogen-bond donors (Lipinski definition) is 3. The lowest BCUT2D eigenvalue weighted by Crippen LogP contribution is -2.43. The number of ether oxygens (including phenoxy) is 1. The van der Waals surface area contributed by atoms with Crippen LogP contribution in [0.25, 0.3) is 11.1 Å². The molecule has 1 aliphatic carbocycles. The minimum atomic E-state index is -1.45. The SMILES string of the molecule is CCC(NC(=O)OCC1c2ccccc2-c2ccccc21)C(=O)Nc1ccc(F)c(C(=O)O)c1. The van der Waals surface area contributed by atoms with Crippen LogP contribution in [0.4, 0.5) is 14.9 Å². The smallest absolute Gasteiger partial charge is 0.407 e. The molecule has 0 saturated heterocycles. The number of anilines is 1. The number of aromatic carboxylic acids is 1. The summed E-state index contributed by atoms with van der Waals surface area (Å²) < 4.78 is 19.1. The Bertz CT molecular complexity index is 1210. The third-order valence-electron chi connectivity index (χ3n) is 5.82. The maximum atomic E-state index is 13.6. The average molecular weight is 462 g/mol. The predicted molar refractivity (Wildman–Crippen MR) is 124 cm³/mol. The quantitative estimate of drug-likeness (QED) is 0.469. The Balaban J connectivity index is 1.39. The van der Waals surface area contributed by atoms with Crippen LogP contribution in [0.2, 0.25) is 0 Å². The van der Waals surface area contributed by atoms with Gasteiger partial charge < -0.3 is 20.5 Å². The minimum absolute atomic E-state index is 0.108. The van der Waals surface area contributed by atoms with Crippen LogP contribution in [-0.2, 0) is 9.53 Å². The molecule has 34 heavy (non-hydrogen) atoms. The van der Waals surface area contributed by atoms with E-state index < -0.39 is 35.4 Å². The fraction of sp³-hybridized carbons (Fsp3) is 0.192. The summed E-state index contributed by atoms with van der Waals surface area (Å²) in [5, 5.41) is 14.1. The summed E-state index contributed by atoms with van der Waals surface area (Å²) >= 11 is 0. The zero-order valence-electron chi connectivity index (χ0n) is 18.4. The molecule has 174 valence electrons. The minimum Gasteiger partial charge on any atom is -0.478 e. The Morgan fingerprint density at radius 3 is 2.21 bits per heavy atom. The topological polar surface area (TPSA) is 105 Å². The number of nitrogens with one attached hydrogen (secondary N) is 2. The third kappa shape index (κ3) is 4.61. The Morgan fingerprint density at radius 2 is 1.62 bits per heavy atom. The van der Waals surface area contributed by atoms with Gasteiger partial charge in [-0.25, -0.2) is 14.0 Å². The molecule has 3 aromatic carbocycles. The second kappa shape index (κ2) is 9.74. The van der Waals surface area contributed by atoms with Crippen LogP contribution < -0.4 is 10.6 Å². The Hall–Kier alpha value is -4.20. The molecule has 0 bridgehead atoms. The van der Waals surface area contributed by atoms with E-state index in [9.17, 15) is 18.8 Å². The molecule has 4 rings (SSSR count). The molecule has 0 fully saturated rings. The van der Waals surface area contributed by atoms with Gasteiger partial charge in [-0.15, -0.1) is 0 Å². The average Bonchev–Trinajstić information content (AvgIpc) is 3.16. The molecule has 3 aromatic rings. The number of carboxylic acids is 1. The van der Waals surface area contributed by atoms with E-state index in [1.54, 1.807) is 6.92 Å². The molecule has 0 aromatic heterocycles. The molecule has 3 N–H and O–H groups in total.